The molecule has 0 aliphatic heterocycles. The van der Waals surface area contributed by atoms with Crippen LogP contribution in [0.3, 0.4) is 0 Å². The largest absolute Gasteiger partial charge is 0.573 e. The van der Waals surface area contributed by atoms with Gasteiger partial charge in [0.2, 0.25) is 0 Å². The highest BCUT2D eigenvalue weighted by atomic mass is 32.1. The molecule has 1 aromatic heterocycles. The van der Waals surface area contributed by atoms with Crippen molar-refractivity contribution >= 4 is 11.7 Å². The molecular formula is C11H10F3N3OS. The Hall–Kier alpha value is -1.67. The first-order chi connectivity index (χ1) is 9.01. The van der Waals surface area contributed by atoms with Gasteiger partial charge in [-0.25, -0.2) is 0 Å². The molecule has 0 spiro atoms. The second kappa shape index (κ2) is 5.54. The molecule has 1 unspecified atom stereocenters. The number of benzene rings is 1. The molecule has 1 heterocycles. The van der Waals surface area contributed by atoms with Gasteiger partial charge in [0.1, 0.15) is 5.75 Å². The molecule has 8 heteroatoms. The third kappa shape index (κ3) is 3.42. The quantitative estimate of drug-likeness (QED) is 0.940. The number of ether oxygens (including phenoxy) is 1. The van der Waals surface area contributed by atoms with Gasteiger partial charge in [0.15, 0.2) is 0 Å². The lowest BCUT2D eigenvalue weighted by atomic mass is 10.0. The van der Waals surface area contributed by atoms with Crippen LogP contribution < -0.4 is 10.1 Å². The highest BCUT2D eigenvalue weighted by molar-refractivity contribution is 6.99. The highest BCUT2D eigenvalue weighted by Gasteiger charge is 2.33. The van der Waals surface area contributed by atoms with Crippen LogP contribution in [-0.4, -0.2) is 22.2 Å². The normalized spacial score (nSPS) is 13.3. The van der Waals surface area contributed by atoms with E-state index in [9.17, 15) is 13.2 Å². The van der Waals surface area contributed by atoms with Crippen LogP contribution in [0.25, 0.3) is 0 Å². The van der Waals surface area contributed by atoms with E-state index in [-0.39, 0.29) is 5.75 Å². The van der Waals surface area contributed by atoms with Gasteiger partial charge in [-0.05, 0) is 13.1 Å². The molecule has 1 atom stereocenters. The maximum atomic E-state index is 12.4. The number of hydrogen-bond acceptors (Lipinski definition) is 5. The maximum absolute atomic E-state index is 12.4. The van der Waals surface area contributed by atoms with Crippen LogP contribution in [0.5, 0.6) is 5.75 Å². The molecule has 19 heavy (non-hydrogen) atoms. The summed E-state index contributed by atoms with van der Waals surface area (Å²) < 4.78 is 49.0. The van der Waals surface area contributed by atoms with Crippen molar-refractivity contribution in [3.8, 4) is 5.75 Å². The molecule has 0 saturated carbocycles. The number of aromatic nitrogens is 2. The Morgan fingerprint density at radius 3 is 2.63 bits per heavy atom. The van der Waals surface area contributed by atoms with Gasteiger partial charge in [-0.1, -0.05) is 18.2 Å². The number of nitrogens with one attached hydrogen (secondary N) is 1. The van der Waals surface area contributed by atoms with E-state index < -0.39 is 12.4 Å². The molecule has 2 aromatic rings. The summed E-state index contributed by atoms with van der Waals surface area (Å²) >= 11 is 0.994. The van der Waals surface area contributed by atoms with Gasteiger partial charge in [0, 0.05) is 5.56 Å². The molecule has 0 bridgehead atoms. The van der Waals surface area contributed by atoms with Crippen LogP contribution in [0.2, 0.25) is 0 Å². The summed E-state index contributed by atoms with van der Waals surface area (Å²) in [5, 5.41) is 2.90. The Morgan fingerprint density at radius 1 is 1.32 bits per heavy atom. The Morgan fingerprint density at radius 2 is 2.05 bits per heavy atom. The van der Waals surface area contributed by atoms with Crippen LogP contribution in [0.15, 0.2) is 30.5 Å². The zero-order chi connectivity index (χ0) is 13.9. The Kier molecular flexibility index (Phi) is 4.01. The molecule has 1 aromatic carbocycles. The number of alkyl halides is 3. The number of nitrogens with zero attached hydrogens (tertiary/aromatic N) is 2. The lowest BCUT2D eigenvalue weighted by molar-refractivity contribution is -0.275. The molecular weight excluding hydrogens is 279 g/mol. The predicted octanol–water partition coefficient (Wildman–Crippen LogP) is 2.75. The molecule has 0 aliphatic carbocycles. The first-order valence-electron chi connectivity index (χ1n) is 5.30. The fourth-order valence-electron chi connectivity index (χ4n) is 1.70. The Bertz CT molecular complexity index is 530. The van der Waals surface area contributed by atoms with Crippen molar-refractivity contribution in [1.29, 1.82) is 0 Å². The van der Waals surface area contributed by atoms with Crippen LogP contribution in [0.4, 0.5) is 13.2 Å². The molecule has 0 amide bonds. The number of rotatable bonds is 4. The lowest BCUT2D eigenvalue weighted by Gasteiger charge is -2.18. The molecule has 4 nitrogen and oxygen atoms in total. The monoisotopic (exact) mass is 289 g/mol. The van der Waals surface area contributed by atoms with E-state index in [2.05, 4.69) is 18.8 Å². The summed E-state index contributed by atoms with van der Waals surface area (Å²) in [6, 6.07) is 5.45. The van der Waals surface area contributed by atoms with Gasteiger partial charge in [-0.15, -0.1) is 13.2 Å². The topological polar surface area (TPSA) is 47.0 Å². The smallest absolute Gasteiger partial charge is 0.405 e. The summed E-state index contributed by atoms with van der Waals surface area (Å²) in [7, 11) is 1.63. The lowest BCUT2D eigenvalue weighted by Crippen LogP contribution is -2.22. The molecule has 0 saturated heterocycles. The zero-order valence-corrected chi connectivity index (χ0v) is 10.6. The fraction of sp³-hybridized carbons (Fsp3) is 0.273. The van der Waals surface area contributed by atoms with Gasteiger partial charge in [-0.2, -0.15) is 8.75 Å². The van der Waals surface area contributed by atoms with E-state index in [0.717, 1.165) is 11.7 Å². The second-order valence-corrected chi connectivity index (χ2v) is 4.20. The fourth-order valence-corrected chi connectivity index (χ4v) is 2.15. The van der Waals surface area contributed by atoms with Crippen LogP contribution in [0, 0.1) is 0 Å². The van der Waals surface area contributed by atoms with E-state index in [1.807, 2.05) is 0 Å². The molecule has 1 N–H and O–H groups in total. The second-order valence-electron chi connectivity index (χ2n) is 3.64. The van der Waals surface area contributed by atoms with E-state index in [1.54, 1.807) is 19.2 Å². The van der Waals surface area contributed by atoms with Crippen molar-refractivity contribution in [2.75, 3.05) is 7.05 Å². The van der Waals surface area contributed by atoms with Crippen molar-refractivity contribution in [2.24, 2.45) is 0 Å². The summed E-state index contributed by atoms with van der Waals surface area (Å²) in [5.74, 6) is -0.248. The molecule has 0 fully saturated rings. The van der Waals surface area contributed by atoms with Gasteiger partial charge in [0.05, 0.1) is 29.7 Å². The summed E-state index contributed by atoms with van der Waals surface area (Å²) in [5.41, 5.74) is 0.903. The first kappa shape index (κ1) is 13.8. The number of hydrogen-bond donors (Lipinski definition) is 1. The van der Waals surface area contributed by atoms with Crippen LogP contribution in [-0.2, 0) is 0 Å². The van der Waals surface area contributed by atoms with Crippen molar-refractivity contribution < 1.29 is 17.9 Å². The SMILES string of the molecule is CNC(c1cnsn1)c1ccccc1OC(F)(F)F. The Balaban J connectivity index is 2.38. The number of para-hydroxylation sites is 1. The average molecular weight is 289 g/mol. The predicted molar refractivity (Wildman–Crippen MR) is 63.9 cm³/mol. The van der Waals surface area contributed by atoms with E-state index in [4.69, 9.17) is 0 Å². The van der Waals surface area contributed by atoms with Crippen molar-refractivity contribution in [1.82, 2.24) is 14.1 Å². The van der Waals surface area contributed by atoms with Gasteiger partial charge < -0.3 is 10.1 Å². The average Bonchev–Trinajstić information content (AvgIpc) is 2.84. The summed E-state index contributed by atoms with van der Waals surface area (Å²) in [6.07, 6.45) is -3.22. The maximum Gasteiger partial charge on any atom is 0.573 e. The van der Waals surface area contributed by atoms with Gasteiger partial charge in [-0.3, -0.25) is 0 Å². The van der Waals surface area contributed by atoms with Crippen LogP contribution >= 0.6 is 11.7 Å². The molecule has 0 radical (unpaired) electrons. The van der Waals surface area contributed by atoms with Gasteiger partial charge in [0.25, 0.3) is 0 Å². The third-order valence-electron chi connectivity index (χ3n) is 2.42. The number of halogens is 3. The minimum absolute atomic E-state index is 0.248. The third-order valence-corrected chi connectivity index (χ3v) is 2.91. The van der Waals surface area contributed by atoms with Crippen molar-refractivity contribution in [2.45, 2.75) is 12.4 Å². The first-order valence-corrected chi connectivity index (χ1v) is 6.03. The van der Waals surface area contributed by atoms with Crippen molar-refractivity contribution in [3.05, 3.63) is 41.7 Å². The van der Waals surface area contributed by atoms with E-state index in [1.165, 1.54) is 18.3 Å². The molecule has 0 aliphatic rings. The van der Waals surface area contributed by atoms with E-state index in [0.29, 0.717) is 11.3 Å². The Labute approximate surface area is 111 Å². The summed E-state index contributed by atoms with van der Waals surface area (Å²) in [6.45, 7) is 0. The minimum Gasteiger partial charge on any atom is -0.405 e. The van der Waals surface area contributed by atoms with Crippen molar-refractivity contribution in [3.63, 3.8) is 0 Å². The minimum atomic E-state index is -4.73. The molecule has 2 rings (SSSR count). The highest BCUT2D eigenvalue weighted by Crippen LogP contribution is 2.32. The standard InChI is InChI=1S/C11H10F3N3OS/c1-15-10(8-6-16-19-17-8)7-4-2-3-5-9(7)18-11(12,13)14/h2-6,10,15H,1H3. The molecule has 102 valence electrons. The van der Waals surface area contributed by atoms with Crippen LogP contribution in [0.1, 0.15) is 17.3 Å². The summed E-state index contributed by atoms with van der Waals surface area (Å²) in [4.78, 5) is 0. The van der Waals surface area contributed by atoms with Gasteiger partial charge >= 0.3 is 6.36 Å². The van der Waals surface area contributed by atoms with E-state index >= 15 is 0 Å². The zero-order valence-electron chi connectivity index (χ0n) is 9.81.